The molecule has 2 aliphatic rings. The first-order chi connectivity index (χ1) is 9.45. The molecule has 0 aromatic carbocycles. The summed E-state index contributed by atoms with van der Waals surface area (Å²) in [4.78, 5) is 23.8. The van der Waals surface area contributed by atoms with Gasteiger partial charge in [-0.25, -0.2) is 4.79 Å². The average Bonchev–Trinajstić information content (AvgIpc) is 2.59. The summed E-state index contributed by atoms with van der Waals surface area (Å²) < 4.78 is 5.06. The van der Waals surface area contributed by atoms with Gasteiger partial charge in [-0.15, -0.1) is 0 Å². The summed E-state index contributed by atoms with van der Waals surface area (Å²) >= 11 is 0. The van der Waals surface area contributed by atoms with Crippen molar-refractivity contribution in [1.29, 1.82) is 0 Å². The quantitative estimate of drug-likeness (QED) is 0.586. The fraction of sp³-hybridized carbons (Fsp3) is 0.647. The number of ether oxygens (including phenoxy) is 1. The molecule has 3 heteroatoms. The van der Waals surface area contributed by atoms with Crippen LogP contribution in [0.1, 0.15) is 46.5 Å². The maximum absolute atomic E-state index is 11.9. The molecule has 1 saturated carbocycles. The van der Waals surface area contributed by atoms with Crippen molar-refractivity contribution in [2.75, 3.05) is 6.61 Å². The van der Waals surface area contributed by atoms with E-state index >= 15 is 0 Å². The second-order valence-corrected chi connectivity index (χ2v) is 6.09. The van der Waals surface area contributed by atoms with E-state index in [9.17, 15) is 9.59 Å². The summed E-state index contributed by atoms with van der Waals surface area (Å²) in [6, 6.07) is 0. The third kappa shape index (κ3) is 2.72. The van der Waals surface area contributed by atoms with E-state index in [-0.39, 0.29) is 17.7 Å². The van der Waals surface area contributed by atoms with Crippen LogP contribution in [-0.2, 0) is 14.3 Å². The Balaban J connectivity index is 2.20. The SMILES string of the molecule is C=C(C(=O)OCC)[C@H]1CCC(C)[C@@H]2CC(=O)C(C)=C2C1. The number of hydrogen-bond acceptors (Lipinski definition) is 3. The summed E-state index contributed by atoms with van der Waals surface area (Å²) in [5, 5.41) is 0. The smallest absolute Gasteiger partial charge is 0.333 e. The number of rotatable bonds is 3. The van der Waals surface area contributed by atoms with Crippen LogP contribution in [-0.4, -0.2) is 18.4 Å². The molecule has 1 unspecified atom stereocenters. The normalized spacial score (nSPS) is 29.9. The Morgan fingerprint density at radius 3 is 2.70 bits per heavy atom. The van der Waals surface area contributed by atoms with Crippen molar-refractivity contribution in [2.45, 2.75) is 46.5 Å². The van der Waals surface area contributed by atoms with Crippen molar-refractivity contribution in [2.24, 2.45) is 17.8 Å². The molecule has 20 heavy (non-hydrogen) atoms. The number of ketones is 1. The molecule has 2 rings (SSSR count). The Bertz CT molecular complexity index is 473. The highest BCUT2D eigenvalue weighted by atomic mass is 16.5. The van der Waals surface area contributed by atoms with E-state index in [0.717, 1.165) is 24.8 Å². The van der Waals surface area contributed by atoms with E-state index in [2.05, 4.69) is 13.5 Å². The molecule has 2 aliphatic carbocycles. The monoisotopic (exact) mass is 276 g/mol. The number of carbonyl (C=O) groups is 2. The van der Waals surface area contributed by atoms with Gasteiger partial charge < -0.3 is 4.74 Å². The van der Waals surface area contributed by atoms with Gasteiger partial charge in [-0.1, -0.05) is 19.1 Å². The van der Waals surface area contributed by atoms with E-state index in [4.69, 9.17) is 4.74 Å². The molecular formula is C17H24O3. The summed E-state index contributed by atoms with van der Waals surface area (Å²) in [6.07, 6.45) is 3.45. The molecule has 0 radical (unpaired) electrons. The minimum absolute atomic E-state index is 0.123. The van der Waals surface area contributed by atoms with Crippen molar-refractivity contribution in [1.82, 2.24) is 0 Å². The van der Waals surface area contributed by atoms with Gasteiger partial charge in [-0.05, 0) is 56.4 Å². The summed E-state index contributed by atoms with van der Waals surface area (Å²) in [6.45, 7) is 10.3. The minimum Gasteiger partial charge on any atom is -0.463 e. The topological polar surface area (TPSA) is 43.4 Å². The van der Waals surface area contributed by atoms with E-state index < -0.39 is 0 Å². The molecule has 1 fully saturated rings. The zero-order valence-corrected chi connectivity index (χ0v) is 12.7. The Morgan fingerprint density at radius 2 is 2.05 bits per heavy atom. The summed E-state index contributed by atoms with van der Waals surface area (Å²) in [5.74, 6) is 0.997. The molecule has 110 valence electrons. The highest BCUT2D eigenvalue weighted by molar-refractivity contribution is 5.98. The first-order valence-electron chi connectivity index (χ1n) is 7.54. The predicted molar refractivity (Wildman–Crippen MR) is 78.1 cm³/mol. The maximum atomic E-state index is 11.9. The summed E-state index contributed by atoms with van der Waals surface area (Å²) in [5.41, 5.74) is 2.75. The van der Waals surface area contributed by atoms with Crippen LogP contribution in [0.15, 0.2) is 23.3 Å². The molecule has 0 bridgehead atoms. The van der Waals surface area contributed by atoms with Crippen LogP contribution in [0.3, 0.4) is 0 Å². The van der Waals surface area contributed by atoms with Gasteiger partial charge in [0.05, 0.1) is 6.61 Å². The molecule has 0 aliphatic heterocycles. The van der Waals surface area contributed by atoms with Crippen LogP contribution in [0.4, 0.5) is 0 Å². The van der Waals surface area contributed by atoms with Crippen LogP contribution >= 0.6 is 0 Å². The van der Waals surface area contributed by atoms with Crippen LogP contribution in [0, 0.1) is 17.8 Å². The van der Waals surface area contributed by atoms with Crippen molar-refractivity contribution in [3.8, 4) is 0 Å². The van der Waals surface area contributed by atoms with Gasteiger partial charge in [-0.2, -0.15) is 0 Å². The second-order valence-electron chi connectivity index (χ2n) is 6.09. The molecule has 3 nitrogen and oxygen atoms in total. The molecule has 0 aromatic rings. The molecule has 0 heterocycles. The maximum Gasteiger partial charge on any atom is 0.333 e. The molecule has 3 atom stereocenters. The van der Waals surface area contributed by atoms with Crippen molar-refractivity contribution >= 4 is 11.8 Å². The zero-order chi connectivity index (χ0) is 14.9. The van der Waals surface area contributed by atoms with Gasteiger partial charge in [0.15, 0.2) is 5.78 Å². The van der Waals surface area contributed by atoms with Gasteiger partial charge >= 0.3 is 5.97 Å². The molecule has 0 aromatic heterocycles. The highest BCUT2D eigenvalue weighted by Crippen LogP contribution is 2.45. The van der Waals surface area contributed by atoms with Crippen LogP contribution in [0.25, 0.3) is 0 Å². The predicted octanol–water partition coefficient (Wildman–Crippen LogP) is 3.45. The van der Waals surface area contributed by atoms with Crippen LogP contribution in [0.5, 0.6) is 0 Å². The molecule has 0 amide bonds. The third-order valence-corrected chi connectivity index (χ3v) is 4.91. The summed E-state index contributed by atoms with van der Waals surface area (Å²) in [7, 11) is 0. The second kappa shape index (κ2) is 5.94. The highest BCUT2D eigenvalue weighted by Gasteiger charge is 2.38. The van der Waals surface area contributed by atoms with Crippen LogP contribution < -0.4 is 0 Å². The lowest BCUT2D eigenvalue weighted by molar-refractivity contribution is -0.139. The first kappa shape index (κ1) is 15.0. The van der Waals surface area contributed by atoms with Gasteiger partial charge in [0.2, 0.25) is 0 Å². The number of carbonyl (C=O) groups excluding carboxylic acids is 2. The van der Waals surface area contributed by atoms with E-state index in [1.807, 2.05) is 6.92 Å². The molecule has 0 spiro atoms. The van der Waals surface area contributed by atoms with Crippen molar-refractivity contribution in [3.05, 3.63) is 23.3 Å². The van der Waals surface area contributed by atoms with Gasteiger partial charge in [-0.3, -0.25) is 4.79 Å². The Kier molecular flexibility index (Phi) is 4.46. The lowest BCUT2D eigenvalue weighted by atomic mass is 9.86. The van der Waals surface area contributed by atoms with Crippen molar-refractivity contribution < 1.29 is 14.3 Å². The van der Waals surface area contributed by atoms with Gasteiger partial charge in [0, 0.05) is 12.0 Å². The number of allylic oxidation sites excluding steroid dienone is 2. The van der Waals surface area contributed by atoms with Gasteiger partial charge in [0.25, 0.3) is 0 Å². The Hall–Kier alpha value is -1.38. The minimum atomic E-state index is -0.286. The zero-order valence-electron chi connectivity index (χ0n) is 12.7. The third-order valence-electron chi connectivity index (χ3n) is 4.91. The Labute approximate surface area is 121 Å². The van der Waals surface area contributed by atoms with E-state index in [1.54, 1.807) is 6.92 Å². The standard InChI is InChI=1S/C17H24O3/c1-5-20-17(19)11(3)13-7-6-10(2)14-9-16(18)12(4)15(14)8-13/h10,13-14H,3,5-9H2,1-2,4H3/t10?,13-,14-/m0/s1. The Morgan fingerprint density at radius 1 is 1.35 bits per heavy atom. The van der Waals surface area contributed by atoms with E-state index in [1.165, 1.54) is 5.57 Å². The number of esters is 1. The largest absolute Gasteiger partial charge is 0.463 e. The number of hydrogen-bond donors (Lipinski definition) is 0. The van der Waals surface area contributed by atoms with Gasteiger partial charge in [0.1, 0.15) is 0 Å². The molecule has 0 saturated heterocycles. The fourth-order valence-corrected chi connectivity index (χ4v) is 3.50. The van der Waals surface area contributed by atoms with E-state index in [0.29, 0.717) is 30.4 Å². The lowest BCUT2D eigenvalue weighted by Gasteiger charge is -2.18. The molecule has 0 N–H and O–H groups in total. The number of Topliss-reactive ketones (excluding diaryl/α,β-unsaturated/α-hetero) is 1. The van der Waals surface area contributed by atoms with Crippen molar-refractivity contribution in [3.63, 3.8) is 0 Å². The fourth-order valence-electron chi connectivity index (χ4n) is 3.50. The average molecular weight is 276 g/mol. The first-order valence-corrected chi connectivity index (χ1v) is 7.54. The van der Waals surface area contributed by atoms with Crippen LogP contribution in [0.2, 0.25) is 0 Å². The number of fused-ring (bicyclic) bond motifs is 1. The molecular weight excluding hydrogens is 252 g/mol. The lowest BCUT2D eigenvalue weighted by Crippen LogP contribution is -2.15.